The Bertz CT molecular complexity index is 510. The molecule has 0 amide bonds. The van der Waals surface area contributed by atoms with Gasteiger partial charge in [-0.1, -0.05) is 12.2 Å². The fraction of sp³-hybridized carbons (Fsp3) is 0.471. The van der Waals surface area contributed by atoms with Crippen molar-refractivity contribution in [3.63, 3.8) is 0 Å². The largest absolute Gasteiger partial charge is 0.465 e. The number of piperazine rings is 1. The second-order valence-electron chi connectivity index (χ2n) is 5.76. The van der Waals surface area contributed by atoms with Crippen molar-refractivity contribution in [3.05, 3.63) is 42.0 Å². The van der Waals surface area contributed by atoms with E-state index in [0.717, 1.165) is 31.9 Å². The number of hydrogen-bond donors (Lipinski definition) is 0. The molecule has 0 bridgehead atoms. The number of benzene rings is 1. The number of esters is 1. The minimum absolute atomic E-state index is 0.291. The Balaban J connectivity index is 2.01. The topological polar surface area (TPSA) is 32.8 Å². The molecule has 1 heterocycles. The van der Waals surface area contributed by atoms with E-state index in [1.165, 1.54) is 12.7 Å². The SMILES string of the molecule is C=C(C)CN1CCN(c2ccc(C(=O)OC)cc2)CC1C. The zero-order valence-electron chi connectivity index (χ0n) is 13.1. The summed E-state index contributed by atoms with van der Waals surface area (Å²) in [6, 6.07) is 8.13. The van der Waals surface area contributed by atoms with E-state index in [1.807, 2.05) is 24.3 Å². The van der Waals surface area contributed by atoms with E-state index in [9.17, 15) is 4.79 Å². The molecule has 1 unspecified atom stereocenters. The van der Waals surface area contributed by atoms with Crippen molar-refractivity contribution in [1.29, 1.82) is 0 Å². The summed E-state index contributed by atoms with van der Waals surface area (Å²) < 4.78 is 4.72. The normalized spacial score (nSPS) is 19.4. The lowest BCUT2D eigenvalue weighted by molar-refractivity contribution is 0.0601. The minimum atomic E-state index is -0.291. The summed E-state index contributed by atoms with van der Waals surface area (Å²) in [7, 11) is 1.40. The van der Waals surface area contributed by atoms with Gasteiger partial charge in [-0.25, -0.2) is 4.79 Å². The van der Waals surface area contributed by atoms with Crippen LogP contribution in [0.25, 0.3) is 0 Å². The Labute approximate surface area is 127 Å². The van der Waals surface area contributed by atoms with Gasteiger partial charge in [0.15, 0.2) is 0 Å². The summed E-state index contributed by atoms with van der Waals surface area (Å²) in [6.45, 7) is 12.3. The van der Waals surface area contributed by atoms with Crippen LogP contribution in [-0.4, -0.2) is 50.2 Å². The smallest absolute Gasteiger partial charge is 0.337 e. The Morgan fingerprint density at radius 1 is 1.33 bits per heavy atom. The number of nitrogens with zero attached hydrogens (tertiary/aromatic N) is 2. The molecule has 1 aromatic carbocycles. The van der Waals surface area contributed by atoms with Crippen LogP contribution in [0.4, 0.5) is 5.69 Å². The van der Waals surface area contributed by atoms with Crippen LogP contribution in [-0.2, 0) is 4.74 Å². The van der Waals surface area contributed by atoms with Gasteiger partial charge in [-0.15, -0.1) is 0 Å². The Morgan fingerprint density at radius 2 is 2.00 bits per heavy atom. The van der Waals surface area contributed by atoms with Gasteiger partial charge in [-0.05, 0) is 38.1 Å². The number of hydrogen-bond acceptors (Lipinski definition) is 4. The van der Waals surface area contributed by atoms with Crippen molar-refractivity contribution in [2.45, 2.75) is 19.9 Å². The van der Waals surface area contributed by atoms with Crippen LogP contribution < -0.4 is 4.90 Å². The average molecular weight is 288 g/mol. The second kappa shape index (κ2) is 6.76. The first-order valence-electron chi connectivity index (χ1n) is 7.33. The number of rotatable bonds is 4. The van der Waals surface area contributed by atoms with Gasteiger partial charge in [0.1, 0.15) is 0 Å². The molecular weight excluding hydrogens is 264 g/mol. The van der Waals surface area contributed by atoms with Crippen LogP contribution in [0.3, 0.4) is 0 Å². The molecule has 1 fully saturated rings. The molecule has 114 valence electrons. The fourth-order valence-electron chi connectivity index (χ4n) is 2.74. The summed E-state index contributed by atoms with van der Waals surface area (Å²) in [4.78, 5) is 16.3. The molecule has 4 nitrogen and oxygen atoms in total. The molecule has 1 aromatic rings. The summed E-state index contributed by atoms with van der Waals surface area (Å²) in [5.41, 5.74) is 2.96. The molecule has 0 aliphatic carbocycles. The number of anilines is 1. The average Bonchev–Trinajstić information content (AvgIpc) is 2.48. The summed E-state index contributed by atoms with van der Waals surface area (Å²) >= 11 is 0. The maximum Gasteiger partial charge on any atom is 0.337 e. The van der Waals surface area contributed by atoms with E-state index in [2.05, 4.69) is 30.2 Å². The Kier molecular flexibility index (Phi) is 5.02. The molecule has 21 heavy (non-hydrogen) atoms. The molecule has 1 atom stereocenters. The molecule has 0 spiro atoms. The lowest BCUT2D eigenvalue weighted by atomic mass is 10.1. The van der Waals surface area contributed by atoms with Crippen molar-refractivity contribution in [2.24, 2.45) is 0 Å². The summed E-state index contributed by atoms with van der Waals surface area (Å²) in [5, 5.41) is 0. The molecule has 2 rings (SSSR count). The van der Waals surface area contributed by atoms with Gasteiger partial charge in [0.25, 0.3) is 0 Å². The quantitative estimate of drug-likeness (QED) is 0.630. The van der Waals surface area contributed by atoms with Crippen molar-refractivity contribution in [3.8, 4) is 0 Å². The van der Waals surface area contributed by atoms with Gasteiger partial charge in [0.05, 0.1) is 12.7 Å². The van der Waals surface area contributed by atoms with Crippen LogP contribution in [0.15, 0.2) is 36.4 Å². The van der Waals surface area contributed by atoms with Crippen molar-refractivity contribution in [2.75, 3.05) is 38.2 Å². The van der Waals surface area contributed by atoms with Crippen LogP contribution in [0.2, 0.25) is 0 Å². The Hall–Kier alpha value is -1.81. The molecular formula is C17H24N2O2. The first-order valence-corrected chi connectivity index (χ1v) is 7.33. The van der Waals surface area contributed by atoms with Crippen LogP contribution in [0.1, 0.15) is 24.2 Å². The summed E-state index contributed by atoms with van der Waals surface area (Å²) in [5.74, 6) is -0.291. The number of ether oxygens (including phenoxy) is 1. The standard InChI is InChI=1S/C17H24N2O2/c1-13(2)11-18-9-10-19(12-14(18)3)16-7-5-15(6-8-16)17(20)21-4/h5-8,14H,1,9-12H2,2-4H3. The molecule has 0 saturated carbocycles. The predicted octanol–water partition coefficient (Wildman–Crippen LogP) is 2.56. The zero-order valence-corrected chi connectivity index (χ0v) is 13.1. The molecule has 1 aliphatic rings. The van der Waals surface area contributed by atoms with E-state index in [0.29, 0.717) is 11.6 Å². The molecule has 0 radical (unpaired) electrons. The first-order chi connectivity index (χ1) is 10.0. The van der Waals surface area contributed by atoms with Crippen LogP contribution in [0.5, 0.6) is 0 Å². The maximum absolute atomic E-state index is 11.4. The first kappa shape index (κ1) is 15.6. The van der Waals surface area contributed by atoms with Gasteiger partial charge in [0.2, 0.25) is 0 Å². The highest BCUT2D eigenvalue weighted by Crippen LogP contribution is 2.20. The van der Waals surface area contributed by atoms with Crippen molar-refractivity contribution < 1.29 is 9.53 Å². The third-order valence-electron chi connectivity index (χ3n) is 3.89. The van der Waals surface area contributed by atoms with Crippen molar-refractivity contribution in [1.82, 2.24) is 4.90 Å². The second-order valence-corrected chi connectivity index (χ2v) is 5.76. The van der Waals surface area contributed by atoms with E-state index in [4.69, 9.17) is 4.74 Å². The van der Waals surface area contributed by atoms with Crippen LogP contribution in [0, 0.1) is 0 Å². The van der Waals surface area contributed by atoms with Gasteiger partial charge in [0, 0.05) is 37.9 Å². The lowest BCUT2D eigenvalue weighted by Crippen LogP contribution is -2.52. The monoisotopic (exact) mass is 288 g/mol. The molecule has 1 aliphatic heterocycles. The van der Waals surface area contributed by atoms with E-state index < -0.39 is 0 Å². The van der Waals surface area contributed by atoms with Crippen LogP contribution >= 0.6 is 0 Å². The molecule has 1 saturated heterocycles. The molecule has 0 aromatic heterocycles. The number of carbonyl (C=O) groups is 1. The summed E-state index contributed by atoms with van der Waals surface area (Å²) in [6.07, 6.45) is 0. The number of methoxy groups -OCH3 is 1. The Morgan fingerprint density at radius 3 is 2.52 bits per heavy atom. The van der Waals surface area contributed by atoms with Gasteiger partial charge in [-0.3, -0.25) is 4.90 Å². The maximum atomic E-state index is 11.4. The van der Waals surface area contributed by atoms with E-state index >= 15 is 0 Å². The zero-order chi connectivity index (χ0) is 15.4. The highest BCUT2D eigenvalue weighted by Gasteiger charge is 2.23. The molecule has 4 heteroatoms. The van der Waals surface area contributed by atoms with Gasteiger partial charge < -0.3 is 9.64 Å². The van der Waals surface area contributed by atoms with E-state index in [1.54, 1.807) is 0 Å². The minimum Gasteiger partial charge on any atom is -0.465 e. The molecule has 0 N–H and O–H groups in total. The van der Waals surface area contributed by atoms with Crippen molar-refractivity contribution >= 4 is 11.7 Å². The lowest BCUT2D eigenvalue weighted by Gasteiger charge is -2.41. The predicted molar refractivity (Wildman–Crippen MR) is 85.8 cm³/mol. The third kappa shape index (κ3) is 3.85. The highest BCUT2D eigenvalue weighted by atomic mass is 16.5. The van der Waals surface area contributed by atoms with E-state index in [-0.39, 0.29) is 5.97 Å². The van der Waals surface area contributed by atoms with Gasteiger partial charge >= 0.3 is 5.97 Å². The number of carbonyl (C=O) groups excluding carboxylic acids is 1. The highest BCUT2D eigenvalue weighted by molar-refractivity contribution is 5.89. The third-order valence-corrected chi connectivity index (χ3v) is 3.89. The van der Waals surface area contributed by atoms with Gasteiger partial charge in [-0.2, -0.15) is 0 Å². The fourth-order valence-corrected chi connectivity index (χ4v) is 2.74.